The molecule has 0 aliphatic carbocycles. The van der Waals surface area contributed by atoms with Crippen LogP contribution in [0.2, 0.25) is 0 Å². The summed E-state index contributed by atoms with van der Waals surface area (Å²) in [7, 11) is 0. The molecule has 0 saturated heterocycles. The molecule has 0 saturated carbocycles. The molecular formula is C11H20N2S. The first-order valence-corrected chi connectivity index (χ1v) is 6.11. The van der Waals surface area contributed by atoms with Gasteiger partial charge in [-0.3, -0.25) is 0 Å². The number of hydrogen-bond donors (Lipinski definition) is 1. The first-order chi connectivity index (χ1) is 6.63. The summed E-state index contributed by atoms with van der Waals surface area (Å²) in [4.78, 5) is 6.00. The SMILES string of the molecule is CCNCc1sc(C)nc1CC(C)C. The quantitative estimate of drug-likeness (QED) is 0.812. The van der Waals surface area contributed by atoms with Gasteiger partial charge in [-0.2, -0.15) is 0 Å². The Hall–Kier alpha value is -0.410. The van der Waals surface area contributed by atoms with E-state index in [0.717, 1.165) is 19.5 Å². The number of nitrogens with zero attached hydrogens (tertiary/aromatic N) is 1. The molecule has 0 aliphatic rings. The molecule has 3 heteroatoms. The van der Waals surface area contributed by atoms with Gasteiger partial charge in [0, 0.05) is 11.4 Å². The van der Waals surface area contributed by atoms with Crippen molar-refractivity contribution in [1.82, 2.24) is 10.3 Å². The van der Waals surface area contributed by atoms with Crippen LogP contribution in [0.5, 0.6) is 0 Å². The molecule has 1 aromatic heterocycles. The van der Waals surface area contributed by atoms with Gasteiger partial charge in [0.25, 0.3) is 0 Å². The van der Waals surface area contributed by atoms with Crippen LogP contribution in [0.25, 0.3) is 0 Å². The fraction of sp³-hybridized carbons (Fsp3) is 0.727. The average Bonchev–Trinajstić information content (AvgIpc) is 2.41. The maximum atomic E-state index is 4.58. The molecule has 2 nitrogen and oxygen atoms in total. The Labute approximate surface area is 90.8 Å². The third-order valence-electron chi connectivity index (χ3n) is 2.02. The lowest BCUT2D eigenvalue weighted by Gasteiger charge is -2.04. The maximum Gasteiger partial charge on any atom is 0.0900 e. The minimum absolute atomic E-state index is 0.692. The molecule has 1 rings (SSSR count). The van der Waals surface area contributed by atoms with Crippen LogP contribution >= 0.6 is 11.3 Å². The summed E-state index contributed by atoms with van der Waals surface area (Å²) >= 11 is 1.82. The van der Waals surface area contributed by atoms with Gasteiger partial charge < -0.3 is 5.32 Å². The molecule has 1 N–H and O–H groups in total. The highest BCUT2D eigenvalue weighted by Gasteiger charge is 2.09. The zero-order valence-corrected chi connectivity index (χ0v) is 10.4. The third kappa shape index (κ3) is 3.39. The monoisotopic (exact) mass is 212 g/mol. The van der Waals surface area contributed by atoms with Crippen LogP contribution in [-0.4, -0.2) is 11.5 Å². The van der Waals surface area contributed by atoms with Crippen LogP contribution in [-0.2, 0) is 13.0 Å². The molecule has 0 radical (unpaired) electrons. The number of rotatable bonds is 5. The van der Waals surface area contributed by atoms with E-state index in [4.69, 9.17) is 0 Å². The largest absolute Gasteiger partial charge is 0.312 e. The van der Waals surface area contributed by atoms with Gasteiger partial charge in [-0.05, 0) is 25.8 Å². The number of nitrogens with one attached hydrogen (secondary N) is 1. The smallest absolute Gasteiger partial charge is 0.0900 e. The Morgan fingerprint density at radius 1 is 1.43 bits per heavy atom. The lowest BCUT2D eigenvalue weighted by molar-refractivity contribution is 0.627. The number of aryl methyl sites for hydroxylation is 1. The van der Waals surface area contributed by atoms with E-state index in [1.54, 1.807) is 0 Å². The summed E-state index contributed by atoms with van der Waals surface area (Å²) in [5.41, 5.74) is 1.29. The van der Waals surface area contributed by atoms with Gasteiger partial charge in [0.05, 0.1) is 10.7 Å². The lowest BCUT2D eigenvalue weighted by atomic mass is 10.1. The van der Waals surface area contributed by atoms with E-state index < -0.39 is 0 Å². The minimum Gasteiger partial charge on any atom is -0.312 e. The number of aromatic nitrogens is 1. The van der Waals surface area contributed by atoms with Gasteiger partial charge >= 0.3 is 0 Å². The standard InChI is InChI=1S/C11H20N2S/c1-5-12-7-11-10(6-8(2)3)13-9(4)14-11/h8,12H,5-7H2,1-4H3. The molecule has 0 fully saturated rings. The van der Waals surface area contributed by atoms with Crippen molar-refractivity contribution >= 4 is 11.3 Å². The Morgan fingerprint density at radius 3 is 2.71 bits per heavy atom. The zero-order valence-electron chi connectivity index (χ0n) is 9.55. The van der Waals surface area contributed by atoms with Crippen LogP contribution in [0.15, 0.2) is 0 Å². The van der Waals surface area contributed by atoms with Crippen LogP contribution in [0.4, 0.5) is 0 Å². The molecule has 0 spiro atoms. The van der Waals surface area contributed by atoms with Crippen molar-refractivity contribution in [3.63, 3.8) is 0 Å². The normalized spacial score (nSPS) is 11.2. The highest BCUT2D eigenvalue weighted by molar-refractivity contribution is 7.11. The summed E-state index contributed by atoms with van der Waals surface area (Å²) in [5.74, 6) is 0.692. The number of thiazole rings is 1. The van der Waals surface area contributed by atoms with E-state index >= 15 is 0 Å². The van der Waals surface area contributed by atoms with Crippen LogP contribution in [0.3, 0.4) is 0 Å². The van der Waals surface area contributed by atoms with Crippen molar-refractivity contribution in [2.24, 2.45) is 5.92 Å². The fourth-order valence-electron chi connectivity index (χ4n) is 1.44. The summed E-state index contributed by atoms with van der Waals surface area (Å²) in [6.07, 6.45) is 1.10. The summed E-state index contributed by atoms with van der Waals surface area (Å²) in [6.45, 7) is 10.7. The van der Waals surface area contributed by atoms with Crippen molar-refractivity contribution in [2.45, 2.75) is 40.7 Å². The van der Waals surface area contributed by atoms with Gasteiger partial charge in [-0.1, -0.05) is 20.8 Å². The summed E-state index contributed by atoms with van der Waals surface area (Å²) < 4.78 is 0. The van der Waals surface area contributed by atoms with E-state index in [1.165, 1.54) is 15.6 Å². The predicted octanol–water partition coefficient (Wildman–Crippen LogP) is 2.76. The van der Waals surface area contributed by atoms with E-state index in [2.05, 4.69) is 38.0 Å². The number of hydrogen-bond acceptors (Lipinski definition) is 3. The first-order valence-electron chi connectivity index (χ1n) is 5.29. The molecule has 14 heavy (non-hydrogen) atoms. The highest BCUT2D eigenvalue weighted by Crippen LogP contribution is 2.20. The molecule has 1 aromatic rings. The first kappa shape index (κ1) is 11.7. The second kappa shape index (κ2) is 5.47. The molecule has 1 heterocycles. The lowest BCUT2D eigenvalue weighted by Crippen LogP contribution is -2.12. The zero-order chi connectivity index (χ0) is 10.6. The minimum atomic E-state index is 0.692. The average molecular weight is 212 g/mol. The summed E-state index contributed by atoms with van der Waals surface area (Å²) in [5, 5.41) is 4.55. The maximum absolute atomic E-state index is 4.58. The second-order valence-corrected chi connectivity index (χ2v) is 5.27. The third-order valence-corrected chi connectivity index (χ3v) is 3.04. The Morgan fingerprint density at radius 2 is 2.14 bits per heavy atom. The molecule has 0 aromatic carbocycles. The Kier molecular flexibility index (Phi) is 4.55. The van der Waals surface area contributed by atoms with Gasteiger partial charge in [0.15, 0.2) is 0 Å². The van der Waals surface area contributed by atoms with Gasteiger partial charge in [-0.15, -0.1) is 11.3 Å². The molecule has 0 atom stereocenters. The molecule has 0 amide bonds. The second-order valence-electron chi connectivity index (χ2n) is 3.98. The van der Waals surface area contributed by atoms with Crippen molar-refractivity contribution < 1.29 is 0 Å². The molecule has 0 aliphatic heterocycles. The van der Waals surface area contributed by atoms with Crippen LogP contribution in [0, 0.1) is 12.8 Å². The van der Waals surface area contributed by atoms with Gasteiger partial charge in [0.2, 0.25) is 0 Å². The molecule has 0 bridgehead atoms. The van der Waals surface area contributed by atoms with Crippen LogP contribution < -0.4 is 5.32 Å². The van der Waals surface area contributed by atoms with Gasteiger partial charge in [-0.25, -0.2) is 4.98 Å². The topological polar surface area (TPSA) is 24.9 Å². The Balaban J connectivity index is 2.69. The van der Waals surface area contributed by atoms with E-state index in [9.17, 15) is 0 Å². The summed E-state index contributed by atoms with van der Waals surface area (Å²) in [6, 6.07) is 0. The Bertz CT molecular complexity index is 279. The molecule has 80 valence electrons. The molecule has 0 unspecified atom stereocenters. The van der Waals surface area contributed by atoms with Crippen LogP contribution in [0.1, 0.15) is 36.3 Å². The van der Waals surface area contributed by atoms with Crippen molar-refractivity contribution in [3.05, 3.63) is 15.6 Å². The fourth-order valence-corrected chi connectivity index (χ4v) is 2.37. The van der Waals surface area contributed by atoms with E-state index in [1.807, 2.05) is 11.3 Å². The van der Waals surface area contributed by atoms with E-state index in [0.29, 0.717) is 5.92 Å². The molecular weight excluding hydrogens is 192 g/mol. The van der Waals surface area contributed by atoms with Crippen molar-refractivity contribution in [1.29, 1.82) is 0 Å². The van der Waals surface area contributed by atoms with E-state index in [-0.39, 0.29) is 0 Å². The van der Waals surface area contributed by atoms with Crippen molar-refractivity contribution in [3.8, 4) is 0 Å². The predicted molar refractivity (Wildman–Crippen MR) is 62.8 cm³/mol. The van der Waals surface area contributed by atoms with Gasteiger partial charge in [0.1, 0.15) is 0 Å². The van der Waals surface area contributed by atoms with Crippen molar-refractivity contribution in [2.75, 3.05) is 6.54 Å². The highest BCUT2D eigenvalue weighted by atomic mass is 32.1.